The first kappa shape index (κ1) is 23.1. The summed E-state index contributed by atoms with van der Waals surface area (Å²) >= 11 is 0. The van der Waals surface area contributed by atoms with Crippen molar-refractivity contribution in [1.29, 1.82) is 0 Å². The monoisotopic (exact) mass is 442 g/mol. The van der Waals surface area contributed by atoms with Gasteiger partial charge < -0.3 is 14.5 Å². The summed E-state index contributed by atoms with van der Waals surface area (Å²) < 4.78 is 37.7. The van der Waals surface area contributed by atoms with Crippen molar-refractivity contribution in [1.82, 2.24) is 10.3 Å². The highest BCUT2D eigenvalue weighted by molar-refractivity contribution is 5.78. The molecule has 1 atom stereocenters. The Kier molecular flexibility index (Phi) is 7.70. The van der Waals surface area contributed by atoms with Gasteiger partial charge in [0.25, 0.3) is 0 Å². The maximum absolute atomic E-state index is 13.9. The van der Waals surface area contributed by atoms with Gasteiger partial charge in [0, 0.05) is 18.9 Å². The summed E-state index contributed by atoms with van der Waals surface area (Å²) in [4.78, 5) is 28.7. The van der Waals surface area contributed by atoms with Crippen LogP contribution in [0, 0.1) is 11.6 Å². The van der Waals surface area contributed by atoms with Crippen LogP contribution in [-0.2, 0) is 20.7 Å². The Hall–Kier alpha value is -3.55. The number of amides is 1. The zero-order valence-corrected chi connectivity index (χ0v) is 17.8. The Bertz CT molecular complexity index is 1070. The van der Waals surface area contributed by atoms with Gasteiger partial charge in [0.2, 0.25) is 5.91 Å². The third-order valence-electron chi connectivity index (χ3n) is 4.59. The quantitative estimate of drug-likeness (QED) is 0.484. The van der Waals surface area contributed by atoms with E-state index in [-0.39, 0.29) is 48.5 Å². The highest BCUT2D eigenvalue weighted by Gasteiger charge is 2.20. The standard InChI is InChI=1S/C24H24F2N2O4/c1-15(2)31-24(30)13-20(16-6-4-3-5-7-16)28-22(29)10-11-23-27-14-21(32-23)18-9-8-17(25)12-19(18)26/h3-9,12,14-15,20H,10-11,13H2,1-2H3,(H,28,29). The zero-order valence-electron chi connectivity index (χ0n) is 17.8. The van der Waals surface area contributed by atoms with Crippen LogP contribution in [0.15, 0.2) is 59.1 Å². The van der Waals surface area contributed by atoms with Gasteiger partial charge in [0.15, 0.2) is 11.7 Å². The van der Waals surface area contributed by atoms with E-state index in [4.69, 9.17) is 9.15 Å². The van der Waals surface area contributed by atoms with Crippen molar-refractivity contribution in [2.75, 3.05) is 0 Å². The Labute approximate surface area is 184 Å². The number of hydrogen-bond donors (Lipinski definition) is 1. The number of halogens is 2. The summed E-state index contributed by atoms with van der Waals surface area (Å²) in [6, 6.07) is 11.8. The molecular weight excluding hydrogens is 418 g/mol. The molecule has 6 nitrogen and oxygen atoms in total. The van der Waals surface area contributed by atoms with Crippen LogP contribution in [0.4, 0.5) is 8.78 Å². The van der Waals surface area contributed by atoms with Crippen molar-refractivity contribution in [3.05, 3.63) is 77.8 Å². The third kappa shape index (κ3) is 6.47. The lowest BCUT2D eigenvalue weighted by atomic mass is 10.0. The predicted octanol–water partition coefficient (Wildman–Crippen LogP) is 4.75. The number of aromatic nitrogens is 1. The van der Waals surface area contributed by atoms with Crippen LogP contribution < -0.4 is 5.32 Å². The maximum Gasteiger partial charge on any atom is 0.308 e. The molecule has 0 aliphatic heterocycles. The third-order valence-corrected chi connectivity index (χ3v) is 4.59. The molecule has 1 N–H and O–H groups in total. The smallest absolute Gasteiger partial charge is 0.308 e. The molecule has 0 fully saturated rings. The maximum atomic E-state index is 13.9. The van der Waals surface area contributed by atoms with Gasteiger partial charge in [-0.15, -0.1) is 0 Å². The number of ether oxygens (including phenoxy) is 1. The number of carbonyl (C=O) groups is 2. The van der Waals surface area contributed by atoms with E-state index in [9.17, 15) is 18.4 Å². The van der Waals surface area contributed by atoms with E-state index in [1.54, 1.807) is 13.8 Å². The van der Waals surface area contributed by atoms with Crippen molar-refractivity contribution < 1.29 is 27.5 Å². The summed E-state index contributed by atoms with van der Waals surface area (Å²) in [5.41, 5.74) is 0.870. The number of aryl methyl sites for hydroxylation is 1. The van der Waals surface area contributed by atoms with Crippen molar-refractivity contribution in [3.63, 3.8) is 0 Å². The fourth-order valence-electron chi connectivity index (χ4n) is 3.14. The number of nitrogens with one attached hydrogen (secondary N) is 1. The molecule has 32 heavy (non-hydrogen) atoms. The van der Waals surface area contributed by atoms with Gasteiger partial charge in [-0.1, -0.05) is 30.3 Å². The van der Waals surface area contributed by atoms with Crippen molar-refractivity contribution in [2.45, 2.75) is 45.3 Å². The second kappa shape index (κ2) is 10.7. The summed E-state index contributed by atoms with van der Waals surface area (Å²) in [6.07, 6.45) is 1.31. The first-order valence-electron chi connectivity index (χ1n) is 10.3. The number of rotatable bonds is 9. The number of esters is 1. The summed E-state index contributed by atoms with van der Waals surface area (Å²) in [5, 5.41) is 2.85. The average Bonchev–Trinajstić information content (AvgIpc) is 3.20. The molecule has 0 saturated heterocycles. The Morgan fingerprint density at radius 3 is 2.56 bits per heavy atom. The zero-order chi connectivity index (χ0) is 23.1. The summed E-state index contributed by atoms with van der Waals surface area (Å²) in [6.45, 7) is 3.52. The first-order valence-corrected chi connectivity index (χ1v) is 10.3. The second-order valence-electron chi connectivity index (χ2n) is 7.52. The topological polar surface area (TPSA) is 81.4 Å². The predicted molar refractivity (Wildman–Crippen MR) is 113 cm³/mol. The Morgan fingerprint density at radius 1 is 1.12 bits per heavy atom. The Morgan fingerprint density at radius 2 is 1.88 bits per heavy atom. The second-order valence-corrected chi connectivity index (χ2v) is 7.52. The minimum absolute atomic E-state index is 0.000920. The largest absolute Gasteiger partial charge is 0.463 e. The van der Waals surface area contributed by atoms with Gasteiger partial charge in [-0.2, -0.15) is 0 Å². The van der Waals surface area contributed by atoms with E-state index in [0.29, 0.717) is 0 Å². The van der Waals surface area contributed by atoms with Gasteiger partial charge in [-0.05, 0) is 31.5 Å². The molecule has 2 aromatic carbocycles. The molecule has 8 heteroatoms. The normalized spacial score (nSPS) is 11.9. The lowest BCUT2D eigenvalue weighted by molar-refractivity contribution is -0.148. The SMILES string of the molecule is CC(C)OC(=O)CC(NC(=O)CCc1ncc(-c2ccc(F)cc2F)o1)c1ccccc1. The summed E-state index contributed by atoms with van der Waals surface area (Å²) in [5.74, 6) is -1.76. The molecule has 0 radical (unpaired) electrons. The van der Waals surface area contributed by atoms with Crippen molar-refractivity contribution in [2.24, 2.45) is 0 Å². The van der Waals surface area contributed by atoms with E-state index in [0.717, 1.165) is 17.7 Å². The highest BCUT2D eigenvalue weighted by atomic mass is 19.1. The molecule has 0 aliphatic rings. The van der Waals surface area contributed by atoms with Crippen LogP contribution in [0.5, 0.6) is 0 Å². The number of hydrogen-bond acceptors (Lipinski definition) is 5. The van der Waals surface area contributed by atoms with Gasteiger partial charge >= 0.3 is 5.97 Å². The van der Waals surface area contributed by atoms with E-state index in [1.807, 2.05) is 30.3 Å². The van der Waals surface area contributed by atoms with E-state index >= 15 is 0 Å². The fourth-order valence-corrected chi connectivity index (χ4v) is 3.14. The molecule has 0 spiro atoms. The number of benzene rings is 2. The van der Waals surface area contributed by atoms with Crippen LogP contribution in [0.2, 0.25) is 0 Å². The lowest BCUT2D eigenvalue weighted by Crippen LogP contribution is -2.31. The van der Waals surface area contributed by atoms with Crippen LogP contribution in [0.1, 0.15) is 44.2 Å². The molecule has 1 aromatic heterocycles. The molecule has 0 bridgehead atoms. The molecule has 0 saturated carbocycles. The minimum Gasteiger partial charge on any atom is -0.463 e. The average molecular weight is 442 g/mol. The van der Waals surface area contributed by atoms with Crippen LogP contribution in [0.25, 0.3) is 11.3 Å². The van der Waals surface area contributed by atoms with Crippen LogP contribution >= 0.6 is 0 Å². The number of nitrogens with zero attached hydrogens (tertiary/aromatic N) is 1. The molecule has 1 amide bonds. The first-order chi connectivity index (χ1) is 15.3. The number of oxazole rings is 1. The minimum atomic E-state index is -0.760. The molecular formula is C24H24F2N2O4. The fraction of sp³-hybridized carbons (Fsp3) is 0.292. The van der Waals surface area contributed by atoms with E-state index < -0.39 is 23.6 Å². The van der Waals surface area contributed by atoms with Gasteiger partial charge in [-0.25, -0.2) is 13.8 Å². The summed E-state index contributed by atoms with van der Waals surface area (Å²) in [7, 11) is 0. The highest BCUT2D eigenvalue weighted by Crippen LogP contribution is 2.25. The van der Waals surface area contributed by atoms with Crippen molar-refractivity contribution >= 4 is 11.9 Å². The molecule has 0 aliphatic carbocycles. The van der Waals surface area contributed by atoms with Crippen LogP contribution in [-0.4, -0.2) is 23.0 Å². The van der Waals surface area contributed by atoms with Gasteiger partial charge in [0.05, 0.1) is 30.3 Å². The van der Waals surface area contributed by atoms with Crippen molar-refractivity contribution in [3.8, 4) is 11.3 Å². The lowest BCUT2D eigenvalue weighted by Gasteiger charge is -2.19. The molecule has 1 heterocycles. The van der Waals surface area contributed by atoms with E-state index in [1.165, 1.54) is 12.3 Å². The number of carbonyl (C=O) groups excluding carboxylic acids is 2. The molecule has 168 valence electrons. The van der Waals surface area contributed by atoms with Gasteiger partial charge in [-0.3, -0.25) is 9.59 Å². The molecule has 3 aromatic rings. The van der Waals surface area contributed by atoms with E-state index in [2.05, 4.69) is 10.3 Å². The molecule has 1 unspecified atom stereocenters. The van der Waals surface area contributed by atoms with Gasteiger partial charge in [0.1, 0.15) is 11.6 Å². The van der Waals surface area contributed by atoms with Crippen LogP contribution in [0.3, 0.4) is 0 Å². The molecule has 3 rings (SSSR count). The Balaban J connectivity index is 1.61.